The van der Waals surface area contributed by atoms with Crippen LogP contribution >= 0.6 is 0 Å². The topological polar surface area (TPSA) is 63.0 Å². The Morgan fingerprint density at radius 2 is 2.07 bits per heavy atom. The lowest BCUT2D eigenvalue weighted by Gasteiger charge is -2.32. The average Bonchev–Trinajstić information content (AvgIpc) is 3.44. The monoisotopic (exact) mass is 412 g/mol. The first-order chi connectivity index (χ1) is 14.5. The van der Waals surface area contributed by atoms with E-state index in [2.05, 4.69) is 0 Å². The second-order valence-corrected chi connectivity index (χ2v) is 8.05. The summed E-state index contributed by atoms with van der Waals surface area (Å²) >= 11 is 0. The highest BCUT2D eigenvalue weighted by Crippen LogP contribution is 2.18. The largest absolute Gasteiger partial charge is 0.467 e. The van der Waals surface area contributed by atoms with Crippen LogP contribution in [0.5, 0.6) is 0 Å². The summed E-state index contributed by atoms with van der Waals surface area (Å²) in [5.74, 6) is 0.515. The molecule has 1 aliphatic heterocycles. The highest BCUT2D eigenvalue weighted by Gasteiger charge is 2.28. The van der Waals surface area contributed by atoms with Crippen molar-refractivity contribution in [1.82, 2.24) is 9.80 Å². The molecular formula is C24H32N2O4. The zero-order valence-corrected chi connectivity index (χ0v) is 18.2. The minimum absolute atomic E-state index is 0.0356. The lowest BCUT2D eigenvalue weighted by molar-refractivity contribution is -0.134. The van der Waals surface area contributed by atoms with Gasteiger partial charge in [-0.1, -0.05) is 24.6 Å². The van der Waals surface area contributed by atoms with Gasteiger partial charge in [0.2, 0.25) is 5.91 Å². The predicted molar refractivity (Wildman–Crippen MR) is 115 cm³/mol. The van der Waals surface area contributed by atoms with Crippen molar-refractivity contribution in [3.63, 3.8) is 0 Å². The van der Waals surface area contributed by atoms with Gasteiger partial charge in [-0.3, -0.25) is 9.59 Å². The lowest BCUT2D eigenvalue weighted by atomic mass is 10.1. The molecule has 1 fully saturated rings. The van der Waals surface area contributed by atoms with E-state index < -0.39 is 0 Å². The molecule has 0 unspecified atom stereocenters. The minimum Gasteiger partial charge on any atom is -0.467 e. The minimum atomic E-state index is -0.114. The molecule has 2 heterocycles. The number of benzene rings is 1. The molecule has 30 heavy (non-hydrogen) atoms. The molecule has 1 saturated heterocycles. The van der Waals surface area contributed by atoms with E-state index in [-0.39, 0.29) is 30.5 Å². The highest BCUT2D eigenvalue weighted by molar-refractivity contribution is 5.96. The summed E-state index contributed by atoms with van der Waals surface area (Å²) in [4.78, 5) is 30.0. The van der Waals surface area contributed by atoms with Gasteiger partial charge in [0.1, 0.15) is 12.3 Å². The van der Waals surface area contributed by atoms with E-state index in [1.807, 2.05) is 57.2 Å². The van der Waals surface area contributed by atoms with E-state index in [0.717, 1.165) is 37.2 Å². The number of aryl methyl sites for hydroxylation is 1. The third kappa shape index (κ3) is 5.72. The van der Waals surface area contributed by atoms with Crippen molar-refractivity contribution in [2.45, 2.75) is 58.7 Å². The molecule has 0 aliphatic carbocycles. The Kier molecular flexibility index (Phi) is 7.69. The molecule has 2 aromatic rings. The molecular weight excluding hydrogens is 380 g/mol. The molecule has 0 bridgehead atoms. The summed E-state index contributed by atoms with van der Waals surface area (Å²) in [5.41, 5.74) is 1.63. The first-order valence-electron chi connectivity index (χ1n) is 10.8. The lowest BCUT2D eigenvalue weighted by Crippen LogP contribution is -2.47. The maximum Gasteiger partial charge on any atom is 0.254 e. The number of amides is 2. The van der Waals surface area contributed by atoms with E-state index in [0.29, 0.717) is 18.7 Å². The van der Waals surface area contributed by atoms with Crippen LogP contribution in [0.4, 0.5) is 0 Å². The van der Waals surface area contributed by atoms with Gasteiger partial charge in [-0.2, -0.15) is 0 Å². The van der Waals surface area contributed by atoms with Gasteiger partial charge in [0.25, 0.3) is 5.91 Å². The van der Waals surface area contributed by atoms with Gasteiger partial charge < -0.3 is 19.0 Å². The number of ether oxygens (including phenoxy) is 1. The van der Waals surface area contributed by atoms with Crippen LogP contribution in [0.15, 0.2) is 47.1 Å². The van der Waals surface area contributed by atoms with Gasteiger partial charge in [-0.15, -0.1) is 0 Å². The molecule has 0 saturated carbocycles. The van der Waals surface area contributed by atoms with E-state index >= 15 is 0 Å². The zero-order valence-electron chi connectivity index (χ0n) is 18.2. The third-order valence-corrected chi connectivity index (χ3v) is 5.68. The van der Waals surface area contributed by atoms with Crippen LogP contribution in [-0.2, 0) is 16.1 Å². The number of nitrogens with zero attached hydrogens (tertiary/aromatic N) is 2. The second-order valence-electron chi connectivity index (χ2n) is 8.05. The maximum absolute atomic E-state index is 13.3. The second kappa shape index (κ2) is 10.4. The van der Waals surface area contributed by atoms with Crippen LogP contribution in [0.1, 0.15) is 54.8 Å². The van der Waals surface area contributed by atoms with Gasteiger partial charge in [-0.05, 0) is 57.4 Å². The maximum atomic E-state index is 13.3. The fourth-order valence-corrected chi connectivity index (χ4v) is 3.72. The molecule has 1 aromatic heterocycles. The van der Waals surface area contributed by atoms with Gasteiger partial charge in [0.05, 0.1) is 18.9 Å². The zero-order chi connectivity index (χ0) is 21.5. The summed E-state index contributed by atoms with van der Waals surface area (Å²) < 4.78 is 11.2. The molecule has 0 N–H and O–H groups in total. The van der Waals surface area contributed by atoms with Crippen LogP contribution in [-0.4, -0.2) is 53.5 Å². The Morgan fingerprint density at radius 1 is 1.23 bits per heavy atom. The summed E-state index contributed by atoms with van der Waals surface area (Å²) in [6, 6.07) is 11.1. The van der Waals surface area contributed by atoms with Gasteiger partial charge >= 0.3 is 0 Å². The van der Waals surface area contributed by atoms with Crippen molar-refractivity contribution in [3.8, 4) is 0 Å². The SMILES string of the molecule is CC[C@@H](C)N(CC(=O)N(Cc1ccco1)C[C@@H]1CCCO1)C(=O)c1cccc(C)c1. The number of rotatable bonds is 9. The molecule has 1 aromatic carbocycles. The Morgan fingerprint density at radius 3 is 2.70 bits per heavy atom. The fraction of sp³-hybridized carbons (Fsp3) is 0.500. The van der Waals surface area contributed by atoms with Gasteiger partial charge in [0, 0.05) is 24.8 Å². The van der Waals surface area contributed by atoms with Crippen LogP contribution in [0, 0.1) is 6.92 Å². The van der Waals surface area contributed by atoms with Crippen LogP contribution < -0.4 is 0 Å². The Hall–Kier alpha value is -2.60. The van der Waals surface area contributed by atoms with E-state index in [1.165, 1.54) is 0 Å². The molecule has 162 valence electrons. The average molecular weight is 413 g/mol. The van der Waals surface area contributed by atoms with E-state index in [9.17, 15) is 9.59 Å². The van der Waals surface area contributed by atoms with Crippen molar-refractivity contribution in [2.24, 2.45) is 0 Å². The molecule has 6 heteroatoms. The molecule has 6 nitrogen and oxygen atoms in total. The quantitative estimate of drug-likeness (QED) is 0.624. The standard InChI is InChI=1S/C24H32N2O4/c1-4-19(3)26(24(28)20-9-5-8-18(2)14-20)17-23(27)25(15-21-10-6-12-29-21)16-22-11-7-13-30-22/h5-6,8-10,12,14,19,22H,4,7,11,13,15-17H2,1-3H3/t19-,22+/m1/s1. The first kappa shape index (κ1) is 22.1. The third-order valence-electron chi connectivity index (χ3n) is 5.68. The molecule has 0 radical (unpaired) electrons. The van der Waals surface area contributed by atoms with Crippen LogP contribution in [0.25, 0.3) is 0 Å². The number of carbonyl (C=O) groups is 2. The molecule has 2 amide bonds. The first-order valence-corrected chi connectivity index (χ1v) is 10.8. The molecule has 0 spiro atoms. The fourth-order valence-electron chi connectivity index (χ4n) is 3.72. The predicted octanol–water partition coefficient (Wildman–Crippen LogP) is 4.04. The van der Waals surface area contributed by atoms with E-state index in [4.69, 9.17) is 9.15 Å². The summed E-state index contributed by atoms with van der Waals surface area (Å²) in [6.45, 7) is 7.62. The van der Waals surface area contributed by atoms with Crippen molar-refractivity contribution in [1.29, 1.82) is 0 Å². The molecule has 2 atom stereocenters. The van der Waals surface area contributed by atoms with Gasteiger partial charge in [0.15, 0.2) is 0 Å². The normalized spacial score (nSPS) is 17.0. The highest BCUT2D eigenvalue weighted by atomic mass is 16.5. The van der Waals surface area contributed by atoms with Crippen molar-refractivity contribution in [2.75, 3.05) is 19.7 Å². The Balaban J connectivity index is 1.77. The molecule has 3 rings (SSSR count). The van der Waals surface area contributed by atoms with Crippen molar-refractivity contribution < 1.29 is 18.7 Å². The summed E-state index contributed by atoms with van der Waals surface area (Å²) in [5, 5.41) is 0. The number of carbonyl (C=O) groups excluding carboxylic acids is 2. The van der Waals surface area contributed by atoms with Crippen molar-refractivity contribution in [3.05, 3.63) is 59.5 Å². The number of furan rings is 1. The summed E-state index contributed by atoms with van der Waals surface area (Å²) in [6.07, 6.45) is 4.37. The summed E-state index contributed by atoms with van der Waals surface area (Å²) in [7, 11) is 0. The van der Waals surface area contributed by atoms with E-state index in [1.54, 1.807) is 16.1 Å². The smallest absolute Gasteiger partial charge is 0.254 e. The number of hydrogen-bond acceptors (Lipinski definition) is 4. The van der Waals surface area contributed by atoms with Crippen molar-refractivity contribution >= 4 is 11.8 Å². The van der Waals surface area contributed by atoms with Crippen LogP contribution in [0.3, 0.4) is 0 Å². The van der Waals surface area contributed by atoms with Gasteiger partial charge in [-0.25, -0.2) is 0 Å². The molecule has 1 aliphatic rings. The number of hydrogen-bond donors (Lipinski definition) is 0. The Bertz CT molecular complexity index is 827. The Labute approximate surface area is 178 Å². The van der Waals surface area contributed by atoms with Crippen LogP contribution in [0.2, 0.25) is 0 Å².